The lowest BCUT2D eigenvalue weighted by Gasteiger charge is -2.39. The molecule has 0 bridgehead atoms. The van der Waals surface area contributed by atoms with Gasteiger partial charge in [-0.2, -0.15) is 0 Å². The summed E-state index contributed by atoms with van der Waals surface area (Å²) in [5.74, 6) is -1.31. The zero-order valence-electron chi connectivity index (χ0n) is 17.0. The van der Waals surface area contributed by atoms with Crippen LogP contribution in [-0.4, -0.2) is 19.5 Å². The van der Waals surface area contributed by atoms with Crippen LogP contribution in [-0.2, 0) is 21.2 Å². The summed E-state index contributed by atoms with van der Waals surface area (Å²) in [6.45, 7) is 1.88. The van der Waals surface area contributed by atoms with Crippen molar-refractivity contribution in [2.45, 2.75) is 37.1 Å². The summed E-state index contributed by atoms with van der Waals surface area (Å²) in [4.78, 5) is 10.9. The second-order valence-corrected chi connectivity index (χ2v) is 9.33. The van der Waals surface area contributed by atoms with Gasteiger partial charge in [-0.05, 0) is 59.9 Å². The minimum absolute atomic E-state index is 0.0220. The Hall–Kier alpha value is -3.19. The summed E-state index contributed by atoms with van der Waals surface area (Å²) in [5.41, 5.74) is 3.52. The number of carboxylic acids is 1. The number of hydrogen-bond acceptors (Lipinski definition) is 3. The Labute approximate surface area is 180 Å². The van der Waals surface area contributed by atoms with Crippen molar-refractivity contribution in [2.24, 2.45) is 0 Å². The number of hydrogen-bond donors (Lipinski definition) is 1. The molecule has 31 heavy (non-hydrogen) atoms. The number of sulfonamides is 1. The van der Waals surface area contributed by atoms with Gasteiger partial charge in [0.2, 0.25) is 0 Å². The molecule has 1 atom stereocenters. The van der Waals surface area contributed by atoms with Crippen LogP contribution in [0.25, 0.3) is 11.1 Å². The van der Waals surface area contributed by atoms with Crippen LogP contribution in [0.3, 0.4) is 0 Å². The van der Waals surface area contributed by atoms with Gasteiger partial charge in [-0.15, -0.1) is 0 Å². The monoisotopic (exact) mass is 439 g/mol. The van der Waals surface area contributed by atoms with Crippen molar-refractivity contribution < 1.29 is 22.7 Å². The molecule has 160 valence electrons. The molecule has 0 aliphatic carbocycles. The van der Waals surface area contributed by atoms with Gasteiger partial charge in [0, 0.05) is 12.0 Å². The third-order valence-electron chi connectivity index (χ3n) is 5.58. The van der Waals surface area contributed by atoms with Gasteiger partial charge in [-0.1, -0.05) is 43.3 Å². The predicted octanol–water partition coefficient (Wildman–Crippen LogP) is 5.17. The Kier molecular flexibility index (Phi) is 5.54. The Morgan fingerprint density at radius 3 is 2.42 bits per heavy atom. The molecular weight excluding hydrogens is 417 g/mol. The first kappa shape index (κ1) is 21.1. The fourth-order valence-electron chi connectivity index (χ4n) is 4.12. The number of fused-ring (bicyclic) bond motifs is 3. The smallest absolute Gasteiger partial charge is 0.303 e. The Morgan fingerprint density at radius 2 is 1.74 bits per heavy atom. The van der Waals surface area contributed by atoms with E-state index in [2.05, 4.69) is 0 Å². The maximum Gasteiger partial charge on any atom is 0.303 e. The highest BCUT2D eigenvalue weighted by Gasteiger charge is 2.38. The lowest BCUT2D eigenvalue weighted by Crippen LogP contribution is -2.37. The van der Waals surface area contributed by atoms with Crippen molar-refractivity contribution in [1.82, 2.24) is 0 Å². The Morgan fingerprint density at radius 1 is 1.03 bits per heavy atom. The average Bonchev–Trinajstić information content (AvgIpc) is 2.76. The number of halogens is 1. The number of para-hydroxylation sites is 1. The quantitative estimate of drug-likeness (QED) is 0.575. The standard InChI is InChI=1S/C24H22FNO4S/c1-2-22-21-15-17(25)10-13-19(21)20-5-3-4-6-23(20)26(22)31(29,30)18-11-7-16(8-12-18)9-14-24(27)28/h3-8,10-13,15,22H,2,9,14H2,1H3,(H,27,28). The zero-order chi connectivity index (χ0) is 22.2. The highest BCUT2D eigenvalue weighted by Crippen LogP contribution is 2.48. The van der Waals surface area contributed by atoms with E-state index in [0.29, 0.717) is 24.1 Å². The number of aliphatic carboxylic acids is 1. The van der Waals surface area contributed by atoms with E-state index in [-0.39, 0.29) is 11.3 Å². The molecule has 1 N–H and O–H groups in total. The number of benzene rings is 3. The number of carbonyl (C=O) groups is 1. The van der Waals surface area contributed by atoms with E-state index in [4.69, 9.17) is 5.11 Å². The predicted molar refractivity (Wildman–Crippen MR) is 117 cm³/mol. The van der Waals surface area contributed by atoms with Gasteiger partial charge >= 0.3 is 5.97 Å². The first-order chi connectivity index (χ1) is 14.8. The van der Waals surface area contributed by atoms with E-state index in [1.54, 1.807) is 30.3 Å². The van der Waals surface area contributed by atoms with Crippen molar-refractivity contribution in [3.63, 3.8) is 0 Å². The molecule has 0 radical (unpaired) electrons. The van der Waals surface area contributed by atoms with Crippen molar-refractivity contribution in [3.05, 3.63) is 83.7 Å². The largest absolute Gasteiger partial charge is 0.481 e. The first-order valence-corrected chi connectivity index (χ1v) is 11.5. The fourth-order valence-corrected chi connectivity index (χ4v) is 5.84. The number of rotatable bonds is 6. The molecule has 7 heteroatoms. The molecule has 0 spiro atoms. The molecule has 0 saturated heterocycles. The minimum atomic E-state index is -3.95. The third kappa shape index (κ3) is 3.81. The summed E-state index contributed by atoms with van der Waals surface area (Å²) in [7, 11) is -3.95. The second kappa shape index (κ2) is 8.15. The molecule has 1 aliphatic heterocycles. The van der Waals surface area contributed by atoms with Gasteiger partial charge in [-0.25, -0.2) is 12.8 Å². The maximum absolute atomic E-state index is 14.1. The number of nitrogens with zero attached hydrogens (tertiary/aromatic N) is 1. The molecule has 5 nitrogen and oxygen atoms in total. The first-order valence-electron chi connectivity index (χ1n) is 10.1. The van der Waals surface area contributed by atoms with Crippen LogP contribution in [0.4, 0.5) is 10.1 Å². The zero-order valence-corrected chi connectivity index (χ0v) is 17.8. The highest BCUT2D eigenvalue weighted by atomic mass is 32.2. The number of carboxylic acid groups (broad SMARTS) is 1. The average molecular weight is 440 g/mol. The number of aryl methyl sites for hydroxylation is 1. The van der Waals surface area contributed by atoms with Crippen LogP contribution in [0.1, 0.15) is 36.9 Å². The summed E-state index contributed by atoms with van der Waals surface area (Å²) in [5, 5.41) is 8.85. The van der Waals surface area contributed by atoms with Gasteiger partial charge < -0.3 is 5.11 Å². The molecule has 0 aromatic heterocycles. The van der Waals surface area contributed by atoms with Gasteiger partial charge in [0.25, 0.3) is 10.0 Å². The molecule has 0 fully saturated rings. The van der Waals surface area contributed by atoms with Crippen LogP contribution in [0, 0.1) is 5.82 Å². The molecule has 3 aromatic carbocycles. The molecule has 0 saturated carbocycles. The summed E-state index contributed by atoms with van der Waals surface area (Å²) < 4.78 is 42.9. The van der Waals surface area contributed by atoms with E-state index < -0.39 is 27.9 Å². The van der Waals surface area contributed by atoms with Crippen LogP contribution in [0.15, 0.2) is 71.6 Å². The van der Waals surface area contributed by atoms with Crippen molar-refractivity contribution in [3.8, 4) is 11.1 Å². The van der Waals surface area contributed by atoms with Gasteiger partial charge in [-0.3, -0.25) is 9.10 Å². The maximum atomic E-state index is 14.1. The van der Waals surface area contributed by atoms with Crippen LogP contribution < -0.4 is 4.31 Å². The van der Waals surface area contributed by atoms with Gasteiger partial charge in [0.15, 0.2) is 0 Å². The van der Waals surface area contributed by atoms with Crippen LogP contribution in [0.2, 0.25) is 0 Å². The lowest BCUT2D eigenvalue weighted by molar-refractivity contribution is -0.136. The minimum Gasteiger partial charge on any atom is -0.481 e. The van der Waals surface area contributed by atoms with Crippen LogP contribution in [0.5, 0.6) is 0 Å². The number of anilines is 1. The Balaban J connectivity index is 1.81. The van der Waals surface area contributed by atoms with Crippen molar-refractivity contribution >= 4 is 21.7 Å². The molecule has 1 heterocycles. The fraction of sp³-hybridized carbons (Fsp3) is 0.208. The molecule has 4 rings (SSSR count). The highest BCUT2D eigenvalue weighted by molar-refractivity contribution is 7.92. The topological polar surface area (TPSA) is 74.7 Å². The summed E-state index contributed by atoms with van der Waals surface area (Å²) in [6.07, 6.45) is 0.777. The van der Waals surface area contributed by atoms with Crippen molar-refractivity contribution in [2.75, 3.05) is 4.31 Å². The van der Waals surface area contributed by atoms with E-state index in [1.165, 1.54) is 28.6 Å². The van der Waals surface area contributed by atoms with Crippen LogP contribution >= 0.6 is 0 Å². The third-order valence-corrected chi connectivity index (χ3v) is 7.42. The molecule has 3 aromatic rings. The molecule has 1 aliphatic rings. The van der Waals surface area contributed by atoms with E-state index in [9.17, 15) is 17.6 Å². The Bertz CT molecular complexity index is 1240. The second-order valence-electron chi connectivity index (χ2n) is 7.51. The van der Waals surface area contributed by atoms with E-state index >= 15 is 0 Å². The molecule has 0 amide bonds. The summed E-state index contributed by atoms with van der Waals surface area (Å²) in [6, 6.07) is 17.5. The van der Waals surface area contributed by atoms with E-state index in [1.807, 2.05) is 19.1 Å². The summed E-state index contributed by atoms with van der Waals surface area (Å²) >= 11 is 0. The lowest BCUT2D eigenvalue weighted by atomic mass is 9.88. The van der Waals surface area contributed by atoms with E-state index in [0.717, 1.165) is 16.7 Å². The SMILES string of the molecule is CCC1c2cc(F)ccc2-c2ccccc2N1S(=O)(=O)c1ccc(CCC(=O)O)cc1. The normalized spacial score (nSPS) is 15.3. The van der Waals surface area contributed by atoms with Crippen molar-refractivity contribution in [1.29, 1.82) is 0 Å². The van der Waals surface area contributed by atoms with Gasteiger partial charge in [0.1, 0.15) is 5.82 Å². The molecule has 1 unspecified atom stereocenters. The van der Waals surface area contributed by atoms with Gasteiger partial charge in [0.05, 0.1) is 16.6 Å². The molecular formula is C24H22FNO4S.